The van der Waals surface area contributed by atoms with E-state index in [9.17, 15) is 24.5 Å². The van der Waals surface area contributed by atoms with E-state index in [0.717, 1.165) is 19.3 Å². The Morgan fingerprint density at radius 3 is 2.61 bits per heavy atom. The molecule has 1 aliphatic heterocycles. The molecule has 10 nitrogen and oxygen atoms in total. The summed E-state index contributed by atoms with van der Waals surface area (Å²) in [6, 6.07) is 8.61. The molecule has 1 aliphatic carbocycles. The number of allylic oxidation sites excluding steroid dienone is 1. The van der Waals surface area contributed by atoms with E-state index in [1.165, 1.54) is 30.2 Å². The predicted octanol–water partition coefficient (Wildman–Crippen LogP) is 4.71. The van der Waals surface area contributed by atoms with Crippen LogP contribution in [0.4, 0.5) is 10.5 Å². The summed E-state index contributed by atoms with van der Waals surface area (Å²) < 4.78 is 11.6. The standard InChI is InChI=1S/C28H29N3O7/c1-3-8-20-13-19(15-23-26(32)29-28(34)30(27(23)33)21-10-5-4-6-11-21)16-24(37-2)25(20)38-17-18-9-7-12-22(14-18)31(35)36/h3,7,9,12-16,21H,1,4-6,8,10-11,17H2,2H3,(H,29,32,34). The van der Waals surface area contributed by atoms with Crippen LogP contribution in [-0.2, 0) is 22.6 Å². The van der Waals surface area contributed by atoms with Gasteiger partial charge in [0.15, 0.2) is 11.5 Å². The fourth-order valence-electron chi connectivity index (χ4n) is 4.81. The van der Waals surface area contributed by atoms with Gasteiger partial charge >= 0.3 is 6.03 Å². The molecular formula is C28H29N3O7. The predicted molar refractivity (Wildman–Crippen MR) is 140 cm³/mol. The Morgan fingerprint density at radius 2 is 1.92 bits per heavy atom. The van der Waals surface area contributed by atoms with Crippen LogP contribution in [0.1, 0.15) is 48.8 Å². The van der Waals surface area contributed by atoms with Crippen molar-refractivity contribution in [1.29, 1.82) is 0 Å². The van der Waals surface area contributed by atoms with Gasteiger partial charge in [-0.25, -0.2) is 4.79 Å². The molecule has 0 atom stereocenters. The highest BCUT2D eigenvalue weighted by atomic mass is 16.6. The van der Waals surface area contributed by atoms with Crippen LogP contribution < -0.4 is 14.8 Å². The lowest BCUT2D eigenvalue weighted by Gasteiger charge is -2.35. The summed E-state index contributed by atoms with van der Waals surface area (Å²) in [6.45, 7) is 3.85. The number of non-ortho nitro benzene ring substituents is 1. The van der Waals surface area contributed by atoms with Gasteiger partial charge in [0.1, 0.15) is 12.2 Å². The molecule has 4 amide bonds. The number of benzene rings is 2. The van der Waals surface area contributed by atoms with Crippen molar-refractivity contribution in [2.45, 2.75) is 51.2 Å². The van der Waals surface area contributed by atoms with Crippen LogP contribution >= 0.6 is 0 Å². The van der Waals surface area contributed by atoms with Crippen molar-refractivity contribution in [2.75, 3.05) is 7.11 Å². The topological polar surface area (TPSA) is 128 Å². The normalized spacial score (nSPS) is 17.3. The van der Waals surface area contributed by atoms with Crippen molar-refractivity contribution in [1.82, 2.24) is 10.2 Å². The number of barbiturate groups is 1. The Morgan fingerprint density at radius 1 is 1.16 bits per heavy atom. The first-order valence-electron chi connectivity index (χ1n) is 12.4. The number of carbonyl (C=O) groups is 3. The summed E-state index contributed by atoms with van der Waals surface area (Å²) in [6.07, 6.45) is 7.85. The molecule has 198 valence electrons. The second-order valence-electron chi connectivity index (χ2n) is 9.20. The Kier molecular flexibility index (Phi) is 8.20. The first-order chi connectivity index (χ1) is 18.3. The van der Waals surface area contributed by atoms with Gasteiger partial charge in [-0.05, 0) is 48.6 Å². The van der Waals surface area contributed by atoms with E-state index >= 15 is 0 Å². The third kappa shape index (κ3) is 5.74. The first-order valence-corrected chi connectivity index (χ1v) is 12.4. The molecule has 0 unspecified atom stereocenters. The molecule has 10 heteroatoms. The monoisotopic (exact) mass is 519 g/mol. The zero-order valence-corrected chi connectivity index (χ0v) is 21.1. The van der Waals surface area contributed by atoms with E-state index < -0.39 is 22.8 Å². The zero-order valence-electron chi connectivity index (χ0n) is 21.1. The highest BCUT2D eigenvalue weighted by Gasteiger charge is 2.40. The van der Waals surface area contributed by atoms with E-state index in [1.807, 2.05) is 0 Å². The SMILES string of the molecule is C=CCc1cc(C=C2C(=O)NC(=O)N(C3CCCCC3)C2=O)cc(OC)c1OCc1cccc([N+](=O)[O-])c1. The molecule has 2 fully saturated rings. The van der Waals surface area contributed by atoms with Crippen molar-refractivity contribution in [3.63, 3.8) is 0 Å². The fraction of sp³-hybridized carbons (Fsp3) is 0.321. The molecule has 0 aromatic heterocycles. The van der Waals surface area contributed by atoms with Gasteiger partial charge in [0.25, 0.3) is 17.5 Å². The van der Waals surface area contributed by atoms with Gasteiger partial charge in [-0.1, -0.05) is 37.5 Å². The van der Waals surface area contributed by atoms with E-state index in [2.05, 4.69) is 11.9 Å². The second kappa shape index (κ2) is 11.7. The maximum Gasteiger partial charge on any atom is 0.331 e. The van der Waals surface area contributed by atoms with Crippen LogP contribution in [0.2, 0.25) is 0 Å². The number of nitrogens with zero attached hydrogens (tertiary/aromatic N) is 2. The highest BCUT2D eigenvalue weighted by Crippen LogP contribution is 2.36. The maximum absolute atomic E-state index is 13.3. The summed E-state index contributed by atoms with van der Waals surface area (Å²) >= 11 is 0. The van der Waals surface area contributed by atoms with Crippen LogP contribution in [0.25, 0.3) is 6.08 Å². The van der Waals surface area contributed by atoms with Gasteiger partial charge in [-0.3, -0.25) is 29.9 Å². The van der Waals surface area contributed by atoms with E-state index in [0.29, 0.717) is 47.5 Å². The summed E-state index contributed by atoms with van der Waals surface area (Å²) in [5, 5.41) is 13.4. The number of rotatable bonds is 9. The number of imide groups is 2. The number of urea groups is 1. The van der Waals surface area contributed by atoms with E-state index in [1.54, 1.807) is 30.3 Å². The quantitative estimate of drug-likeness (QED) is 0.167. The second-order valence-corrected chi connectivity index (χ2v) is 9.20. The number of hydrogen-bond donors (Lipinski definition) is 1. The average Bonchev–Trinajstić information content (AvgIpc) is 2.91. The summed E-state index contributed by atoms with van der Waals surface area (Å²) in [4.78, 5) is 50.2. The lowest BCUT2D eigenvalue weighted by Crippen LogP contribution is -2.58. The van der Waals surface area contributed by atoms with Crippen molar-refractivity contribution >= 4 is 29.6 Å². The Hall–Kier alpha value is -4.47. The first kappa shape index (κ1) is 26.6. The minimum absolute atomic E-state index is 0.0393. The van der Waals surface area contributed by atoms with Gasteiger partial charge < -0.3 is 9.47 Å². The third-order valence-electron chi connectivity index (χ3n) is 6.63. The molecule has 1 saturated carbocycles. The number of carbonyl (C=O) groups excluding carboxylic acids is 3. The Balaban J connectivity index is 1.65. The average molecular weight is 520 g/mol. The van der Waals surface area contributed by atoms with Gasteiger partial charge in [0.2, 0.25) is 0 Å². The summed E-state index contributed by atoms with van der Waals surface area (Å²) in [7, 11) is 1.46. The van der Waals surface area contributed by atoms with E-state index in [4.69, 9.17) is 9.47 Å². The lowest BCUT2D eigenvalue weighted by molar-refractivity contribution is -0.384. The van der Waals surface area contributed by atoms with Crippen LogP contribution in [0.5, 0.6) is 11.5 Å². The van der Waals surface area contributed by atoms with Gasteiger partial charge in [0.05, 0.1) is 12.0 Å². The molecule has 2 aliphatic rings. The Labute approximate surface area is 220 Å². The van der Waals surface area contributed by atoms with Crippen LogP contribution in [-0.4, -0.2) is 40.8 Å². The number of methoxy groups -OCH3 is 1. The summed E-state index contributed by atoms with van der Waals surface area (Å²) in [5.74, 6) is -0.590. The maximum atomic E-state index is 13.3. The molecule has 4 rings (SSSR count). The molecule has 0 spiro atoms. The molecule has 1 saturated heterocycles. The fourth-order valence-corrected chi connectivity index (χ4v) is 4.81. The van der Waals surface area contributed by atoms with Crippen molar-refractivity contribution < 1.29 is 28.8 Å². The number of hydrogen-bond acceptors (Lipinski definition) is 7. The summed E-state index contributed by atoms with van der Waals surface area (Å²) in [5.41, 5.74) is 1.63. The molecule has 1 heterocycles. The van der Waals surface area contributed by atoms with Gasteiger partial charge in [-0.2, -0.15) is 0 Å². The van der Waals surface area contributed by atoms with Gasteiger partial charge in [-0.15, -0.1) is 6.58 Å². The smallest absolute Gasteiger partial charge is 0.331 e. The van der Waals surface area contributed by atoms with Crippen LogP contribution in [0, 0.1) is 10.1 Å². The van der Waals surface area contributed by atoms with Crippen molar-refractivity contribution in [3.8, 4) is 11.5 Å². The molecule has 0 radical (unpaired) electrons. The lowest BCUT2D eigenvalue weighted by atomic mass is 9.93. The number of nitrogens with one attached hydrogen (secondary N) is 1. The zero-order chi connectivity index (χ0) is 27.2. The highest BCUT2D eigenvalue weighted by molar-refractivity contribution is 6.31. The molecule has 0 bridgehead atoms. The molecule has 2 aromatic rings. The molecule has 1 N–H and O–H groups in total. The van der Waals surface area contributed by atoms with Crippen molar-refractivity contribution in [3.05, 3.63) is 81.4 Å². The van der Waals surface area contributed by atoms with Crippen molar-refractivity contribution in [2.24, 2.45) is 0 Å². The molecule has 2 aromatic carbocycles. The largest absolute Gasteiger partial charge is 0.493 e. The van der Waals surface area contributed by atoms with Gasteiger partial charge in [0, 0.05) is 23.7 Å². The van der Waals surface area contributed by atoms with E-state index in [-0.39, 0.29) is 23.9 Å². The van der Waals surface area contributed by atoms with Crippen LogP contribution in [0.3, 0.4) is 0 Å². The number of ether oxygens (including phenoxy) is 2. The number of nitro benzene ring substituents is 1. The molecule has 38 heavy (non-hydrogen) atoms. The third-order valence-corrected chi connectivity index (χ3v) is 6.63. The Bertz CT molecular complexity index is 1310. The molecular weight excluding hydrogens is 490 g/mol. The number of amides is 4. The minimum Gasteiger partial charge on any atom is -0.493 e. The minimum atomic E-state index is -0.748. The van der Waals surface area contributed by atoms with Crippen LogP contribution in [0.15, 0.2) is 54.6 Å². The number of nitro groups is 1.